The van der Waals surface area contributed by atoms with E-state index in [1.165, 1.54) is 12.2 Å². The third-order valence-electron chi connectivity index (χ3n) is 7.24. The Morgan fingerprint density at radius 3 is 2.51 bits per heavy atom. The first-order chi connectivity index (χ1) is 18.5. The van der Waals surface area contributed by atoms with Gasteiger partial charge in [0.1, 0.15) is 11.6 Å². The van der Waals surface area contributed by atoms with E-state index in [1.807, 2.05) is 9.30 Å². The first-order valence-electron chi connectivity index (χ1n) is 13.5. The van der Waals surface area contributed by atoms with Crippen LogP contribution in [0.2, 0.25) is 0 Å². The molecule has 3 heterocycles. The molecular formula is C27H38F3N7O2. The van der Waals surface area contributed by atoms with E-state index >= 15 is 0 Å². The summed E-state index contributed by atoms with van der Waals surface area (Å²) in [6.45, 7) is 14.0. The highest BCUT2D eigenvalue weighted by atomic mass is 19.4. The standard InChI is InChI=1S/C27H38F3N7O2/c1-19(2)36(20(3)4)16-13-34-11-14-35(15-12-34)24(38)18-32-26-25(33-23-17-31-9-10-37(23)26)21-5-7-22(8-6-21)39-27(28,29)30/h5,7-10,17,19-21,32H,6,11-16,18H2,1-4H3. The van der Waals surface area contributed by atoms with Crippen LogP contribution < -0.4 is 5.32 Å². The summed E-state index contributed by atoms with van der Waals surface area (Å²) in [6, 6.07) is 0.990. The first kappa shape index (κ1) is 28.9. The predicted octanol–water partition coefficient (Wildman–Crippen LogP) is 3.87. The van der Waals surface area contributed by atoms with E-state index in [9.17, 15) is 18.0 Å². The number of rotatable bonds is 10. The number of carbonyl (C=O) groups is 1. The average molecular weight is 550 g/mol. The number of piperazine rings is 1. The van der Waals surface area contributed by atoms with Crippen molar-refractivity contribution in [3.63, 3.8) is 0 Å². The van der Waals surface area contributed by atoms with Gasteiger partial charge >= 0.3 is 6.36 Å². The molecule has 0 bridgehead atoms. The SMILES string of the molecule is CC(C)N(CCN1CCN(C(=O)CNc2c(C3C=CC(OC(F)(F)F)=CC3)nc3cnccn23)CC1)C(C)C. The monoisotopic (exact) mass is 549 g/mol. The van der Waals surface area contributed by atoms with Gasteiger partial charge in [-0.15, -0.1) is 13.2 Å². The number of halogens is 3. The number of carbonyl (C=O) groups excluding carboxylic acids is 1. The van der Waals surface area contributed by atoms with Crippen LogP contribution in [0, 0.1) is 0 Å². The second-order valence-electron chi connectivity index (χ2n) is 10.5. The number of amides is 1. The average Bonchev–Trinajstić information content (AvgIpc) is 3.25. The summed E-state index contributed by atoms with van der Waals surface area (Å²) in [7, 11) is 0. The molecule has 2 aromatic rings. The van der Waals surface area contributed by atoms with Crippen LogP contribution in [0.5, 0.6) is 0 Å². The highest BCUT2D eigenvalue weighted by Gasteiger charge is 2.32. The summed E-state index contributed by atoms with van der Waals surface area (Å²) in [5.74, 6) is 0.109. The second-order valence-corrected chi connectivity index (χ2v) is 10.5. The molecule has 12 heteroatoms. The Bertz CT molecular complexity index is 1180. The predicted molar refractivity (Wildman–Crippen MR) is 143 cm³/mol. The molecule has 1 N–H and O–H groups in total. The van der Waals surface area contributed by atoms with Crippen LogP contribution in [-0.4, -0.2) is 99.2 Å². The molecule has 1 aliphatic heterocycles. The highest BCUT2D eigenvalue weighted by molar-refractivity contribution is 5.81. The van der Waals surface area contributed by atoms with Gasteiger partial charge in [-0.3, -0.25) is 24.0 Å². The maximum absolute atomic E-state index is 13.1. The van der Waals surface area contributed by atoms with Gasteiger partial charge in [0.05, 0.1) is 18.4 Å². The lowest BCUT2D eigenvalue weighted by atomic mass is 9.96. The van der Waals surface area contributed by atoms with E-state index < -0.39 is 6.36 Å². The first-order valence-corrected chi connectivity index (χ1v) is 13.5. The second kappa shape index (κ2) is 12.4. The number of anilines is 1. The number of imidazole rings is 1. The lowest BCUT2D eigenvalue weighted by Gasteiger charge is -2.37. The number of alkyl halides is 3. The maximum atomic E-state index is 13.1. The van der Waals surface area contributed by atoms with E-state index in [0.29, 0.717) is 42.3 Å². The zero-order valence-corrected chi connectivity index (χ0v) is 23.0. The van der Waals surface area contributed by atoms with Gasteiger partial charge in [0, 0.05) is 69.7 Å². The molecule has 9 nitrogen and oxygen atoms in total. The summed E-state index contributed by atoms with van der Waals surface area (Å²) >= 11 is 0. The van der Waals surface area contributed by atoms with Crippen molar-refractivity contribution < 1.29 is 22.7 Å². The Morgan fingerprint density at radius 2 is 1.90 bits per heavy atom. The number of hydrogen-bond donors (Lipinski definition) is 1. The fourth-order valence-corrected chi connectivity index (χ4v) is 5.23. The van der Waals surface area contributed by atoms with Crippen molar-refractivity contribution in [2.24, 2.45) is 0 Å². The lowest BCUT2D eigenvalue weighted by molar-refractivity contribution is -0.303. The smallest absolute Gasteiger partial charge is 0.406 e. The number of nitrogens with one attached hydrogen (secondary N) is 1. The number of ether oxygens (including phenoxy) is 1. The van der Waals surface area contributed by atoms with Crippen molar-refractivity contribution in [1.82, 2.24) is 29.1 Å². The fraction of sp³-hybridized carbons (Fsp3) is 0.593. The fourth-order valence-electron chi connectivity index (χ4n) is 5.23. The van der Waals surface area contributed by atoms with Gasteiger partial charge in [0.15, 0.2) is 5.65 Å². The van der Waals surface area contributed by atoms with Crippen molar-refractivity contribution in [2.45, 2.75) is 58.5 Å². The number of nitrogens with zero attached hydrogens (tertiary/aromatic N) is 6. The molecule has 1 aliphatic carbocycles. The van der Waals surface area contributed by atoms with Gasteiger partial charge in [-0.25, -0.2) is 4.98 Å². The minimum atomic E-state index is -4.74. The van der Waals surface area contributed by atoms with Gasteiger partial charge in [0.25, 0.3) is 0 Å². The van der Waals surface area contributed by atoms with Crippen LogP contribution in [0.1, 0.15) is 45.7 Å². The molecular weight excluding hydrogens is 511 g/mol. The third-order valence-corrected chi connectivity index (χ3v) is 7.24. The quantitative estimate of drug-likeness (QED) is 0.482. The van der Waals surface area contributed by atoms with E-state index in [1.54, 1.807) is 24.7 Å². The van der Waals surface area contributed by atoms with Gasteiger partial charge in [-0.2, -0.15) is 0 Å². The minimum Gasteiger partial charge on any atom is -0.406 e. The highest BCUT2D eigenvalue weighted by Crippen LogP contribution is 2.34. The van der Waals surface area contributed by atoms with Gasteiger partial charge in [-0.1, -0.05) is 6.08 Å². The molecule has 2 aliphatic rings. The Labute approximate surface area is 227 Å². The summed E-state index contributed by atoms with van der Waals surface area (Å²) in [5.41, 5.74) is 1.22. The van der Waals surface area contributed by atoms with Crippen LogP contribution in [0.3, 0.4) is 0 Å². The molecule has 0 aromatic carbocycles. The third kappa shape index (κ3) is 7.51. The molecule has 4 rings (SSSR count). The number of hydrogen-bond acceptors (Lipinski definition) is 7. The van der Waals surface area contributed by atoms with Crippen LogP contribution >= 0.6 is 0 Å². The summed E-state index contributed by atoms with van der Waals surface area (Å²) in [6.07, 6.45) is 4.87. The molecule has 2 aromatic heterocycles. The summed E-state index contributed by atoms with van der Waals surface area (Å²) in [4.78, 5) is 28.6. The zero-order valence-electron chi connectivity index (χ0n) is 23.0. The van der Waals surface area contributed by atoms with Crippen LogP contribution in [-0.2, 0) is 9.53 Å². The topological polar surface area (TPSA) is 78.2 Å². The van der Waals surface area contributed by atoms with E-state index in [2.05, 4.69) is 57.5 Å². The Hall–Kier alpha value is -3.12. The van der Waals surface area contributed by atoms with Crippen LogP contribution in [0.25, 0.3) is 5.65 Å². The Morgan fingerprint density at radius 1 is 1.18 bits per heavy atom. The molecule has 0 saturated carbocycles. The molecule has 1 fully saturated rings. The van der Waals surface area contributed by atoms with Crippen molar-refractivity contribution in [2.75, 3.05) is 51.1 Å². The van der Waals surface area contributed by atoms with Gasteiger partial charge in [-0.05, 0) is 46.3 Å². The lowest BCUT2D eigenvalue weighted by Crippen LogP contribution is -2.52. The minimum absolute atomic E-state index is 0.00413. The van der Waals surface area contributed by atoms with E-state index in [0.717, 1.165) is 26.2 Å². The molecule has 1 saturated heterocycles. The Kier molecular flexibility index (Phi) is 9.16. The van der Waals surface area contributed by atoms with Gasteiger partial charge in [0.2, 0.25) is 5.91 Å². The van der Waals surface area contributed by atoms with Crippen molar-refractivity contribution in [3.8, 4) is 0 Å². The van der Waals surface area contributed by atoms with Gasteiger partial charge < -0.3 is 15.0 Å². The number of allylic oxidation sites excluding steroid dienone is 3. The molecule has 1 atom stereocenters. The molecule has 0 spiro atoms. The van der Waals surface area contributed by atoms with E-state index in [-0.39, 0.29) is 30.5 Å². The Balaban J connectivity index is 1.35. The largest absolute Gasteiger partial charge is 0.573 e. The molecule has 0 radical (unpaired) electrons. The molecule has 1 amide bonds. The van der Waals surface area contributed by atoms with Crippen molar-refractivity contribution in [1.29, 1.82) is 0 Å². The molecule has 1 unspecified atom stereocenters. The molecule has 39 heavy (non-hydrogen) atoms. The van der Waals surface area contributed by atoms with Crippen molar-refractivity contribution in [3.05, 3.63) is 48.3 Å². The number of fused-ring (bicyclic) bond motifs is 1. The maximum Gasteiger partial charge on any atom is 0.573 e. The normalized spacial score (nSPS) is 18.9. The van der Waals surface area contributed by atoms with E-state index in [4.69, 9.17) is 0 Å². The van der Waals surface area contributed by atoms with Crippen molar-refractivity contribution >= 4 is 17.4 Å². The summed E-state index contributed by atoms with van der Waals surface area (Å²) < 4.78 is 43.5. The van der Waals surface area contributed by atoms with Crippen LogP contribution in [0.4, 0.5) is 19.0 Å². The number of aromatic nitrogens is 3. The summed E-state index contributed by atoms with van der Waals surface area (Å²) in [5, 5.41) is 3.25. The zero-order chi connectivity index (χ0) is 28.2. The molecule has 214 valence electrons. The van der Waals surface area contributed by atoms with Crippen LogP contribution in [0.15, 0.2) is 42.6 Å².